The van der Waals surface area contributed by atoms with E-state index >= 15 is 0 Å². The summed E-state index contributed by atoms with van der Waals surface area (Å²) in [5.74, 6) is -1.51. The lowest BCUT2D eigenvalue weighted by atomic mass is 10.2. The number of hydrogen-bond donors (Lipinski definition) is 1. The molecule has 0 radical (unpaired) electrons. The van der Waals surface area contributed by atoms with E-state index in [2.05, 4.69) is 10.4 Å². The van der Waals surface area contributed by atoms with Crippen LogP contribution in [-0.2, 0) is 4.79 Å². The summed E-state index contributed by atoms with van der Waals surface area (Å²) in [7, 11) is 1.52. The van der Waals surface area contributed by atoms with Crippen LogP contribution in [-0.4, -0.2) is 41.3 Å². The van der Waals surface area contributed by atoms with Crippen LogP contribution >= 0.6 is 0 Å². The van der Waals surface area contributed by atoms with Crippen molar-refractivity contribution in [1.82, 2.24) is 15.1 Å². The Kier molecular flexibility index (Phi) is 5.62. The van der Waals surface area contributed by atoms with Gasteiger partial charge in [-0.05, 0) is 37.3 Å². The predicted octanol–water partition coefficient (Wildman–Crippen LogP) is 1.71. The number of hydrogen-bond acceptors (Lipinski definition) is 6. The molecule has 0 saturated carbocycles. The molecule has 4 rings (SSSR count). The van der Waals surface area contributed by atoms with Gasteiger partial charge in [0.05, 0.1) is 23.0 Å². The van der Waals surface area contributed by atoms with Gasteiger partial charge in [0.15, 0.2) is 5.69 Å². The van der Waals surface area contributed by atoms with E-state index in [-0.39, 0.29) is 6.61 Å². The third-order valence-electron chi connectivity index (χ3n) is 5.17. The van der Waals surface area contributed by atoms with E-state index in [4.69, 9.17) is 10.00 Å². The number of halogens is 1. The summed E-state index contributed by atoms with van der Waals surface area (Å²) in [6, 6.07) is 12.3. The summed E-state index contributed by atoms with van der Waals surface area (Å²) in [5.41, 5.74) is 0.443. The van der Waals surface area contributed by atoms with Crippen LogP contribution in [0.15, 0.2) is 53.3 Å². The van der Waals surface area contributed by atoms with Crippen LogP contribution in [0.2, 0.25) is 0 Å². The van der Waals surface area contributed by atoms with Gasteiger partial charge in [-0.15, -0.1) is 0 Å². The lowest BCUT2D eigenvalue weighted by Crippen LogP contribution is -2.50. The Bertz CT molecular complexity index is 1380. The number of likely N-dealkylation sites (N-methyl/N-ethyl adjacent to an activating group) is 1. The summed E-state index contributed by atoms with van der Waals surface area (Å²) in [5, 5.41) is 15.7. The van der Waals surface area contributed by atoms with Crippen LogP contribution in [0.4, 0.5) is 10.1 Å². The van der Waals surface area contributed by atoms with E-state index in [9.17, 15) is 18.8 Å². The second-order valence-corrected chi connectivity index (χ2v) is 7.42. The van der Waals surface area contributed by atoms with Crippen molar-refractivity contribution in [2.24, 2.45) is 0 Å². The Morgan fingerprint density at radius 2 is 2.03 bits per heavy atom. The standard InChI is InChI=1S/C23H18FN5O4/c1-13-8-19(30)21(27-29(13)16-5-3-4-15(24)10-16)22(31)26-17-12-33-20-9-14(11-25)6-7-18(20)28(2)23(17)32/h3-10,17H,12H2,1-2H3,(H,26,31). The maximum absolute atomic E-state index is 13.7. The number of nitriles is 1. The van der Waals surface area contributed by atoms with Gasteiger partial charge in [0, 0.05) is 24.9 Å². The Balaban J connectivity index is 1.62. The number of fused-ring (bicyclic) bond motifs is 1. The van der Waals surface area contributed by atoms with Crippen molar-refractivity contribution >= 4 is 17.5 Å². The first-order valence-electron chi connectivity index (χ1n) is 9.91. The highest BCUT2D eigenvalue weighted by atomic mass is 19.1. The number of nitrogens with zero attached hydrogens (tertiary/aromatic N) is 4. The molecule has 0 fully saturated rings. The normalized spacial score (nSPS) is 15.2. The van der Waals surface area contributed by atoms with Crippen molar-refractivity contribution in [2.75, 3.05) is 18.6 Å². The first kappa shape index (κ1) is 21.7. The van der Waals surface area contributed by atoms with Crippen molar-refractivity contribution in [3.63, 3.8) is 0 Å². The molecule has 0 aliphatic carbocycles. The number of benzene rings is 2. The summed E-state index contributed by atoms with van der Waals surface area (Å²) < 4.78 is 20.6. The molecule has 1 atom stereocenters. The average molecular weight is 447 g/mol. The Morgan fingerprint density at radius 3 is 2.76 bits per heavy atom. The number of anilines is 1. The van der Waals surface area contributed by atoms with Crippen molar-refractivity contribution in [2.45, 2.75) is 13.0 Å². The maximum atomic E-state index is 13.7. The van der Waals surface area contributed by atoms with Gasteiger partial charge in [-0.3, -0.25) is 14.4 Å². The van der Waals surface area contributed by atoms with Crippen LogP contribution in [0.1, 0.15) is 21.7 Å². The first-order chi connectivity index (χ1) is 15.8. The number of carbonyl (C=O) groups is 2. The molecule has 33 heavy (non-hydrogen) atoms. The Labute approximate surface area is 187 Å². The summed E-state index contributed by atoms with van der Waals surface area (Å²) in [6.07, 6.45) is 0. The van der Waals surface area contributed by atoms with Crippen LogP contribution in [0, 0.1) is 24.1 Å². The van der Waals surface area contributed by atoms with Crippen molar-refractivity contribution in [3.8, 4) is 17.5 Å². The van der Waals surface area contributed by atoms with Crippen LogP contribution in [0.3, 0.4) is 0 Å². The maximum Gasteiger partial charge on any atom is 0.276 e. The van der Waals surface area contributed by atoms with Gasteiger partial charge in [0.1, 0.15) is 24.2 Å². The van der Waals surface area contributed by atoms with Crippen LogP contribution < -0.4 is 20.4 Å². The van der Waals surface area contributed by atoms with Crippen LogP contribution in [0.5, 0.6) is 5.75 Å². The van der Waals surface area contributed by atoms with Gasteiger partial charge in [-0.25, -0.2) is 9.07 Å². The fourth-order valence-corrected chi connectivity index (χ4v) is 3.48. The molecular formula is C23H18FN5O4. The zero-order valence-corrected chi connectivity index (χ0v) is 17.7. The molecule has 1 aliphatic rings. The molecule has 2 aromatic carbocycles. The third-order valence-corrected chi connectivity index (χ3v) is 5.17. The molecule has 1 aliphatic heterocycles. The number of aromatic nitrogens is 2. The second-order valence-electron chi connectivity index (χ2n) is 7.42. The molecule has 0 bridgehead atoms. The highest BCUT2D eigenvalue weighted by Gasteiger charge is 2.32. The Morgan fingerprint density at radius 1 is 1.24 bits per heavy atom. The molecule has 2 heterocycles. The minimum atomic E-state index is -1.11. The SMILES string of the molecule is Cc1cc(=O)c(C(=O)NC2COc3cc(C#N)ccc3N(C)C2=O)nn1-c1cccc(F)c1. The fraction of sp³-hybridized carbons (Fsp3) is 0.174. The van der Waals surface area contributed by atoms with E-state index in [1.165, 1.54) is 47.0 Å². The minimum Gasteiger partial charge on any atom is -0.489 e. The van der Waals surface area contributed by atoms with Gasteiger partial charge in [0.2, 0.25) is 5.43 Å². The van der Waals surface area contributed by atoms with E-state index < -0.39 is 34.8 Å². The molecule has 3 aromatic rings. The molecule has 166 valence electrons. The number of carbonyl (C=O) groups excluding carboxylic acids is 2. The average Bonchev–Trinajstić information content (AvgIpc) is 2.90. The molecular weight excluding hydrogens is 429 g/mol. The minimum absolute atomic E-state index is 0.208. The van der Waals surface area contributed by atoms with Crippen LogP contribution in [0.25, 0.3) is 5.69 Å². The fourth-order valence-electron chi connectivity index (χ4n) is 3.48. The third kappa shape index (κ3) is 4.16. The molecule has 1 unspecified atom stereocenters. The monoisotopic (exact) mass is 447 g/mol. The molecule has 10 heteroatoms. The Hall–Kier alpha value is -4.52. The predicted molar refractivity (Wildman–Crippen MR) is 116 cm³/mol. The molecule has 1 aromatic heterocycles. The lowest BCUT2D eigenvalue weighted by molar-refractivity contribution is -0.120. The van der Waals surface area contributed by atoms with E-state index in [1.54, 1.807) is 25.1 Å². The topological polar surface area (TPSA) is 117 Å². The van der Waals surface area contributed by atoms with Gasteiger partial charge < -0.3 is 15.0 Å². The van der Waals surface area contributed by atoms with E-state index in [1.807, 2.05) is 6.07 Å². The highest BCUT2D eigenvalue weighted by molar-refractivity contribution is 6.02. The molecule has 0 spiro atoms. The summed E-state index contributed by atoms with van der Waals surface area (Å²) in [4.78, 5) is 39.6. The van der Waals surface area contributed by atoms with E-state index in [0.717, 1.165) is 0 Å². The van der Waals surface area contributed by atoms with Crippen molar-refractivity contribution in [3.05, 3.63) is 81.5 Å². The molecule has 0 saturated heterocycles. The van der Waals surface area contributed by atoms with Gasteiger partial charge >= 0.3 is 0 Å². The largest absolute Gasteiger partial charge is 0.489 e. The summed E-state index contributed by atoms with van der Waals surface area (Å²) in [6.45, 7) is 1.39. The van der Waals surface area contributed by atoms with Crippen molar-refractivity contribution < 1.29 is 18.7 Å². The summed E-state index contributed by atoms with van der Waals surface area (Å²) >= 11 is 0. The van der Waals surface area contributed by atoms with Gasteiger partial charge in [-0.2, -0.15) is 10.4 Å². The number of aryl methyl sites for hydroxylation is 1. The number of rotatable bonds is 3. The lowest BCUT2D eigenvalue weighted by Gasteiger charge is -2.20. The second kappa shape index (κ2) is 8.55. The van der Waals surface area contributed by atoms with Gasteiger partial charge in [0.25, 0.3) is 11.8 Å². The van der Waals surface area contributed by atoms with E-state index in [0.29, 0.717) is 28.4 Å². The zero-order valence-electron chi connectivity index (χ0n) is 17.7. The number of amides is 2. The van der Waals surface area contributed by atoms with Gasteiger partial charge in [-0.1, -0.05) is 6.07 Å². The molecule has 2 amide bonds. The quantitative estimate of drug-likeness (QED) is 0.653. The zero-order chi connectivity index (χ0) is 23.7. The smallest absolute Gasteiger partial charge is 0.276 e. The highest BCUT2D eigenvalue weighted by Crippen LogP contribution is 2.31. The van der Waals surface area contributed by atoms with Crippen molar-refractivity contribution in [1.29, 1.82) is 5.26 Å². The first-order valence-corrected chi connectivity index (χ1v) is 9.91. The number of nitrogens with one attached hydrogen (secondary N) is 1. The number of ether oxygens (including phenoxy) is 1. The molecule has 1 N–H and O–H groups in total. The molecule has 9 nitrogen and oxygen atoms in total.